The monoisotopic (exact) mass is 314 g/mol. The van der Waals surface area contributed by atoms with Gasteiger partial charge in [-0.15, -0.1) is 0 Å². The van der Waals surface area contributed by atoms with Crippen molar-refractivity contribution < 1.29 is 15.0 Å². The fourth-order valence-electron chi connectivity index (χ4n) is 3.25. The first kappa shape index (κ1) is 15.6. The van der Waals surface area contributed by atoms with E-state index in [4.69, 9.17) is 0 Å². The van der Waals surface area contributed by atoms with Gasteiger partial charge in [-0.05, 0) is 37.5 Å². The van der Waals surface area contributed by atoms with E-state index in [2.05, 4.69) is 24.8 Å². The van der Waals surface area contributed by atoms with Gasteiger partial charge in [0, 0.05) is 31.6 Å². The molecule has 3 rings (SSSR count). The zero-order chi connectivity index (χ0) is 16.7. The maximum Gasteiger partial charge on any atom is 0.341 e. The first-order chi connectivity index (χ1) is 10.9. The van der Waals surface area contributed by atoms with Gasteiger partial charge < -0.3 is 14.8 Å². The number of aryl methyl sites for hydroxylation is 1. The molecule has 2 aromatic rings. The van der Waals surface area contributed by atoms with Gasteiger partial charge in [0.1, 0.15) is 5.56 Å². The Kier molecular flexibility index (Phi) is 3.90. The summed E-state index contributed by atoms with van der Waals surface area (Å²) in [7, 11) is 1.68. The van der Waals surface area contributed by atoms with E-state index in [0.29, 0.717) is 11.4 Å². The second-order valence-electron chi connectivity index (χ2n) is 6.36. The highest BCUT2D eigenvalue weighted by Crippen LogP contribution is 2.33. The highest BCUT2D eigenvalue weighted by atomic mass is 16.4. The number of fused-ring (bicyclic) bond motifs is 1. The Morgan fingerprint density at radius 2 is 2.04 bits per heavy atom. The van der Waals surface area contributed by atoms with E-state index >= 15 is 0 Å². The highest BCUT2D eigenvalue weighted by Gasteiger charge is 2.21. The maximum atomic E-state index is 11.3. The molecule has 0 saturated carbocycles. The standard InChI is InChI=1S/C18H22N2O3/c1-11(2)20-8-6-12(7-9-20)13-4-5-14-15(10-13)19(3)17(21)16(14)18(22)23/h4-6,10-11,21H,7-9H2,1-3H3,(H,22,23). The van der Waals surface area contributed by atoms with Crippen LogP contribution in [-0.2, 0) is 7.05 Å². The van der Waals surface area contributed by atoms with E-state index in [1.165, 1.54) is 10.1 Å². The number of aromatic hydroxyl groups is 1. The van der Waals surface area contributed by atoms with Gasteiger partial charge in [0.25, 0.3) is 0 Å². The van der Waals surface area contributed by atoms with Crippen molar-refractivity contribution >= 4 is 22.4 Å². The first-order valence-electron chi connectivity index (χ1n) is 7.88. The molecule has 122 valence electrons. The van der Waals surface area contributed by atoms with Crippen LogP contribution in [0.5, 0.6) is 5.88 Å². The molecule has 0 aliphatic carbocycles. The molecule has 2 heterocycles. The molecule has 0 spiro atoms. The van der Waals surface area contributed by atoms with Crippen LogP contribution >= 0.6 is 0 Å². The average Bonchev–Trinajstić information content (AvgIpc) is 2.78. The number of hydrogen-bond acceptors (Lipinski definition) is 3. The first-order valence-corrected chi connectivity index (χ1v) is 7.88. The molecule has 0 radical (unpaired) electrons. The Hall–Kier alpha value is -2.27. The summed E-state index contributed by atoms with van der Waals surface area (Å²) in [4.78, 5) is 13.8. The van der Waals surface area contributed by atoms with Gasteiger partial charge in [0.2, 0.25) is 5.88 Å². The number of nitrogens with zero attached hydrogens (tertiary/aromatic N) is 2. The van der Waals surface area contributed by atoms with Crippen molar-refractivity contribution in [2.45, 2.75) is 26.3 Å². The van der Waals surface area contributed by atoms with Gasteiger partial charge >= 0.3 is 5.97 Å². The number of aromatic nitrogens is 1. The van der Waals surface area contributed by atoms with Gasteiger partial charge in [0.05, 0.1) is 5.52 Å². The summed E-state index contributed by atoms with van der Waals surface area (Å²) in [6, 6.07) is 6.26. The summed E-state index contributed by atoms with van der Waals surface area (Å²) in [5.41, 5.74) is 3.09. The van der Waals surface area contributed by atoms with Crippen molar-refractivity contribution in [3.8, 4) is 5.88 Å². The summed E-state index contributed by atoms with van der Waals surface area (Å²) in [6.07, 6.45) is 3.22. The van der Waals surface area contributed by atoms with Gasteiger partial charge in [-0.25, -0.2) is 4.79 Å². The number of hydrogen-bond donors (Lipinski definition) is 2. The van der Waals surface area contributed by atoms with Gasteiger partial charge in [-0.2, -0.15) is 0 Å². The smallest absolute Gasteiger partial charge is 0.341 e. The molecule has 1 aliphatic rings. The zero-order valence-corrected chi connectivity index (χ0v) is 13.7. The number of carboxylic acids is 1. The fourth-order valence-corrected chi connectivity index (χ4v) is 3.25. The summed E-state index contributed by atoms with van der Waals surface area (Å²) < 4.78 is 1.53. The molecule has 5 heteroatoms. The van der Waals surface area contributed by atoms with E-state index in [1.54, 1.807) is 13.1 Å². The highest BCUT2D eigenvalue weighted by molar-refractivity contribution is 6.06. The Morgan fingerprint density at radius 1 is 1.30 bits per heavy atom. The average molecular weight is 314 g/mol. The molecule has 1 aliphatic heterocycles. The van der Waals surface area contributed by atoms with Crippen molar-refractivity contribution in [2.75, 3.05) is 13.1 Å². The third-order valence-corrected chi connectivity index (χ3v) is 4.73. The third-order valence-electron chi connectivity index (χ3n) is 4.73. The molecule has 1 aromatic heterocycles. The summed E-state index contributed by atoms with van der Waals surface area (Å²) >= 11 is 0. The predicted octanol–water partition coefficient (Wildman–Crippen LogP) is 3.08. The molecular formula is C18H22N2O3. The molecular weight excluding hydrogens is 292 g/mol. The molecule has 0 atom stereocenters. The fraction of sp³-hybridized carbons (Fsp3) is 0.389. The van der Waals surface area contributed by atoms with Gasteiger partial charge in [-0.3, -0.25) is 4.90 Å². The van der Waals surface area contributed by atoms with Crippen molar-refractivity contribution in [2.24, 2.45) is 7.05 Å². The van der Waals surface area contributed by atoms with Crippen LogP contribution in [0, 0.1) is 0 Å². The van der Waals surface area contributed by atoms with Crippen LogP contribution in [0.3, 0.4) is 0 Å². The molecule has 2 N–H and O–H groups in total. The second kappa shape index (κ2) is 5.74. The molecule has 5 nitrogen and oxygen atoms in total. The topological polar surface area (TPSA) is 65.7 Å². The van der Waals surface area contributed by atoms with Crippen LogP contribution in [0.1, 0.15) is 36.2 Å². The Balaban J connectivity index is 2.02. The van der Waals surface area contributed by atoms with Crippen LogP contribution in [0.2, 0.25) is 0 Å². The summed E-state index contributed by atoms with van der Waals surface area (Å²) in [5, 5.41) is 19.9. The van der Waals surface area contributed by atoms with E-state index in [9.17, 15) is 15.0 Å². The SMILES string of the molecule is CC(C)N1CC=C(c2ccc3c(C(=O)O)c(O)n(C)c3c2)CC1. The summed E-state index contributed by atoms with van der Waals surface area (Å²) in [6.45, 7) is 6.36. The number of aromatic carboxylic acids is 1. The molecule has 0 unspecified atom stereocenters. The Morgan fingerprint density at radius 3 is 2.61 bits per heavy atom. The van der Waals surface area contributed by atoms with Crippen molar-refractivity contribution in [3.05, 3.63) is 35.4 Å². The Labute approximate surface area is 135 Å². The normalized spacial score (nSPS) is 16.1. The minimum Gasteiger partial charge on any atom is -0.494 e. The lowest BCUT2D eigenvalue weighted by Gasteiger charge is -2.29. The molecule has 23 heavy (non-hydrogen) atoms. The van der Waals surface area contributed by atoms with Gasteiger partial charge in [-0.1, -0.05) is 18.2 Å². The molecule has 0 bridgehead atoms. The van der Waals surface area contributed by atoms with Crippen molar-refractivity contribution in [1.29, 1.82) is 0 Å². The quantitative estimate of drug-likeness (QED) is 0.914. The lowest BCUT2D eigenvalue weighted by Crippen LogP contribution is -2.34. The predicted molar refractivity (Wildman–Crippen MR) is 90.8 cm³/mol. The van der Waals surface area contributed by atoms with Gasteiger partial charge in [0.15, 0.2) is 0 Å². The van der Waals surface area contributed by atoms with E-state index in [1.807, 2.05) is 12.1 Å². The minimum atomic E-state index is -1.11. The lowest BCUT2D eigenvalue weighted by molar-refractivity contribution is 0.0695. The Bertz CT molecular complexity index is 802. The second-order valence-corrected chi connectivity index (χ2v) is 6.36. The number of carboxylic acid groups (broad SMARTS) is 1. The van der Waals surface area contributed by atoms with Crippen LogP contribution in [0.25, 0.3) is 16.5 Å². The van der Waals surface area contributed by atoms with E-state index < -0.39 is 5.97 Å². The van der Waals surface area contributed by atoms with Crippen LogP contribution in [0.4, 0.5) is 0 Å². The lowest BCUT2D eigenvalue weighted by atomic mass is 9.97. The number of carbonyl (C=O) groups is 1. The molecule has 1 aromatic carbocycles. The van der Waals surface area contributed by atoms with Crippen LogP contribution < -0.4 is 0 Å². The molecule has 0 saturated heterocycles. The molecule has 0 fully saturated rings. The largest absolute Gasteiger partial charge is 0.494 e. The number of rotatable bonds is 3. The molecule has 0 amide bonds. The van der Waals surface area contributed by atoms with Crippen molar-refractivity contribution in [3.63, 3.8) is 0 Å². The minimum absolute atomic E-state index is 0.0299. The number of benzene rings is 1. The van der Waals surface area contributed by atoms with E-state index in [0.717, 1.165) is 30.6 Å². The summed E-state index contributed by atoms with van der Waals surface area (Å²) in [5.74, 6) is -1.31. The van der Waals surface area contributed by atoms with E-state index in [-0.39, 0.29) is 11.4 Å². The third kappa shape index (κ3) is 2.61. The zero-order valence-electron chi connectivity index (χ0n) is 13.7. The van der Waals surface area contributed by atoms with Crippen LogP contribution in [0.15, 0.2) is 24.3 Å². The van der Waals surface area contributed by atoms with Crippen molar-refractivity contribution in [1.82, 2.24) is 9.47 Å². The maximum absolute atomic E-state index is 11.3. The van der Waals surface area contributed by atoms with Crippen LogP contribution in [-0.4, -0.2) is 44.8 Å².